The van der Waals surface area contributed by atoms with Crippen molar-refractivity contribution in [3.05, 3.63) is 41.6 Å². The number of aromatic nitrogens is 2. The summed E-state index contributed by atoms with van der Waals surface area (Å²) in [6.45, 7) is 1.73. The normalized spacial score (nSPS) is 10.4. The van der Waals surface area contributed by atoms with Gasteiger partial charge in [0.2, 0.25) is 0 Å². The maximum absolute atomic E-state index is 13.4. The lowest BCUT2D eigenvalue weighted by Crippen LogP contribution is -1.99. The molecule has 82 valence electrons. The molecular weight excluding hydrogens is 212 g/mol. The molecule has 2 rings (SSSR count). The molecular formula is C11H9F2N3. The Morgan fingerprint density at radius 1 is 1.12 bits per heavy atom. The zero-order valence-electron chi connectivity index (χ0n) is 8.54. The number of benzene rings is 1. The van der Waals surface area contributed by atoms with Crippen molar-refractivity contribution in [3.63, 3.8) is 0 Å². The first kappa shape index (κ1) is 10.5. The molecule has 0 unspecified atom stereocenters. The summed E-state index contributed by atoms with van der Waals surface area (Å²) in [7, 11) is 0. The minimum absolute atomic E-state index is 0.136. The van der Waals surface area contributed by atoms with Crippen molar-refractivity contribution in [1.29, 1.82) is 0 Å². The van der Waals surface area contributed by atoms with Crippen LogP contribution in [0.25, 0.3) is 11.4 Å². The first-order valence-electron chi connectivity index (χ1n) is 4.63. The third-order valence-corrected chi connectivity index (χ3v) is 2.05. The smallest absolute Gasteiger partial charge is 0.164 e. The quantitative estimate of drug-likeness (QED) is 0.803. The van der Waals surface area contributed by atoms with Crippen LogP contribution < -0.4 is 5.73 Å². The van der Waals surface area contributed by atoms with Crippen molar-refractivity contribution in [2.24, 2.45) is 0 Å². The van der Waals surface area contributed by atoms with Crippen molar-refractivity contribution >= 4 is 5.82 Å². The number of nitrogens with two attached hydrogens (primary N) is 1. The Kier molecular flexibility index (Phi) is 2.52. The van der Waals surface area contributed by atoms with Gasteiger partial charge in [-0.3, -0.25) is 0 Å². The van der Waals surface area contributed by atoms with Crippen LogP contribution in [0, 0.1) is 18.6 Å². The number of nitrogen functional groups attached to an aromatic ring is 1. The van der Waals surface area contributed by atoms with Crippen molar-refractivity contribution in [2.75, 3.05) is 5.73 Å². The Hall–Kier alpha value is -2.04. The SMILES string of the molecule is Cc1cc(N)nc(-c2ccc(F)cc2F)n1. The highest BCUT2D eigenvalue weighted by atomic mass is 19.1. The molecule has 0 amide bonds. The van der Waals surface area contributed by atoms with E-state index in [0.717, 1.165) is 12.1 Å². The Morgan fingerprint density at radius 3 is 2.50 bits per heavy atom. The predicted molar refractivity (Wildman–Crippen MR) is 56.5 cm³/mol. The van der Waals surface area contributed by atoms with Gasteiger partial charge in [0, 0.05) is 17.8 Å². The molecule has 0 atom stereocenters. The number of anilines is 1. The standard InChI is InChI=1S/C11H9F2N3/c1-6-4-10(14)16-11(15-6)8-3-2-7(12)5-9(8)13/h2-5H,1H3,(H2,14,15,16). The van der Waals surface area contributed by atoms with Gasteiger partial charge in [-0.2, -0.15) is 0 Å². The number of rotatable bonds is 1. The second-order valence-electron chi connectivity index (χ2n) is 3.38. The summed E-state index contributed by atoms with van der Waals surface area (Å²) >= 11 is 0. The summed E-state index contributed by atoms with van der Waals surface area (Å²) in [6, 6.07) is 4.81. The van der Waals surface area contributed by atoms with E-state index in [9.17, 15) is 8.78 Å². The highest BCUT2D eigenvalue weighted by Crippen LogP contribution is 2.21. The molecule has 16 heavy (non-hydrogen) atoms. The highest BCUT2D eigenvalue weighted by molar-refractivity contribution is 5.57. The van der Waals surface area contributed by atoms with Crippen molar-refractivity contribution in [1.82, 2.24) is 9.97 Å². The number of hydrogen-bond acceptors (Lipinski definition) is 3. The average Bonchev–Trinajstić information content (AvgIpc) is 2.15. The van der Waals surface area contributed by atoms with Crippen LogP contribution in [-0.2, 0) is 0 Å². The van der Waals surface area contributed by atoms with Gasteiger partial charge >= 0.3 is 0 Å². The number of aryl methyl sites for hydroxylation is 1. The fourth-order valence-electron chi connectivity index (χ4n) is 1.38. The Bertz CT molecular complexity index is 520. The zero-order valence-corrected chi connectivity index (χ0v) is 8.54. The van der Waals surface area contributed by atoms with Crippen LogP contribution in [0.2, 0.25) is 0 Å². The number of hydrogen-bond donors (Lipinski definition) is 1. The topological polar surface area (TPSA) is 51.8 Å². The highest BCUT2D eigenvalue weighted by Gasteiger charge is 2.10. The Balaban J connectivity index is 2.58. The molecule has 0 aliphatic heterocycles. The van der Waals surface area contributed by atoms with Gasteiger partial charge in [-0.15, -0.1) is 0 Å². The first-order chi connectivity index (χ1) is 7.56. The van der Waals surface area contributed by atoms with Gasteiger partial charge in [0.1, 0.15) is 17.5 Å². The molecule has 0 fully saturated rings. The largest absolute Gasteiger partial charge is 0.384 e. The molecule has 0 aliphatic rings. The molecule has 0 radical (unpaired) electrons. The van der Waals surface area contributed by atoms with E-state index in [0.29, 0.717) is 5.69 Å². The Morgan fingerprint density at radius 2 is 1.88 bits per heavy atom. The predicted octanol–water partition coefficient (Wildman–Crippen LogP) is 2.31. The van der Waals surface area contributed by atoms with Crippen molar-refractivity contribution in [3.8, 4) is 11.4 Å². The fraction of sp³-hybridized carbons (Fsp3) is 0.0909. The summed E-state index contributed by atoms with van der Waals surface area (Å²) in [5, 5.41) is 0. The molecule has 1 aromatic heterocycles. The van der Waals surface area contributed by atoms with Gasteiger partial charge in [-0.25, -0.2) is 18.7 Å². The molecule has 0 spiro atoms. The summed E-state index contributed by atoms with van der Waals surface area (Å²) in [4.78, 5) is 7.94. The average molecular weight is 221 g/mol. The fourth-order valence-corrected chi connectivity index (χ4v) is 1.38. The molecule has 2 aromatic rings. The van der Waals surface area contributed by atoms with E-state index in [1.165, 1.54) is 6.07 Å². The van der Waals surface area contributed by atoms with Gasteiger partial charge in [0.05, 0.1) is 5.56 Å². The zero-order chi connectivity index (χ0) is 11.7. The molecule has 1 heterocycles. The van der Waals surface area contributed by atoms with E-state index in [4.69, 9.17) is 5.73 Å². The van der Waals surface area contributed by atoms with Crippen LogP contribution in [0.1, 0.15) is 5.69 Å². The summed E-state index contributed by atoms with van der Waals surface area (Å²) in [5.41, 5.74) is 6.30. The lowest BCUT2D eigenvalue weighted by Gasteiger charge is -2.04. The van der Waals surface area contributed by atoms with Crippen molar-refractivity contribution < 1.29 is 8.78 Å². The minimum atomic E-state index is -0.704. The number of nitrogens with zero attached hydrogens (tertiary/aromatic N) is 2. The lowest BCUT2D eigenvalue weighted by atomic mass is 10.2. The van der Waals surface area contributed by atoms with Crippen LogP contribution in [0.5, 0.6) is 0 Å². The van der Waals surface area contributed by atoms with E-state index >= 15 is 0 Å². The van der Waals surface area contributed by atoms with E-state index in [1.54, 1.807) is 13.0 Å². The monoisotopic (exact) mass is 221 g/mol. The maximum Gasteiger partial charge on any atom is 0.164 e. The van der Waals surface area contributed by atoms with Crippen LogP contribution >= 0.6 is 0 Å². The molecule has 0 bridgehead atoms. The van der Waals surface area contributed by atoms with E-state index in [2.05, 4.69) is 9.97 Å². The third kappa shape index (κ3) is 1.98. The van der Waals surface area contributed by atoms with Gasteiger partial charge in [0.15, 0.2) is 5.82 Å². The maximum atomic E-state index is 13.4. The van der Waals surface area contributed by atoms with E-state index in [-0.39, 0.29) is 17.2 Å². The summed E-state index contributed by atoms with van der Waals surface area (Å²) < 4.78 is 26.2. The van der Waals surface area contributed by atoms with Crippen LogP contribution in [-0.4, -0.2) is 9.97 Å². The summed E-state index contributed by atoms with van der Waals surface area (Å²) in [5.74, 6) is -0.923. The molecule has 3 nitrogen and oxygen atoms in total. The number of halogens is 2. The molecule has 2 N–H and O–H groups in total. The molecule has 5 heteroatoms. The van der Waals surface area contributed by atoms with E-state index in [1.807, 2.05) is 0 Å². The molecule has 0 saturated heterocycles. The van der Waals surface area contributed by atoms with Gasteiger partial charge in [-0.1, -0.05) is 0 Å². The molecule has 0 aliphatic carbocycles. The van der Waals surface area contributed by atoms with Crippen molar-refractivity contribution in [2.45, 2.75) is 6.92 Å². The third-order valence-electron chi connectivity index (χ3n) is 2.05. The summed E-state index contributed by atoms with van der Waals surface area (Å²) in [6.07, 6.45) is 0. The second-order valence-corrected chi connectivity index (χ2v) is 3.38. The minimum Gasteiger partial charge on any atom is -0.384 e. The molecule has 0 saturated carbocycles. The van der Waals surface area contributed by atoms with Crippen LogP contribution in [0.4, 0.5) is 14.6 Å². The molecule has 1 aromatic carbocycles. The Labute approximate surface area is 91.0 Å². The van der Waals surface area contributed by atoms with E-state index < -0.39 is 11.6 Å². The lowest BCUT2D eigenvalue weighted by molar-refractivity contribution is 0.585. The first-order valence-corrected chi connectivity index (χ1v) is 4.63. The second kappa shape index (κ2) is 3.84. The van der Waals surface area contributed by atoms with Crippen LogP contribution in [0.3, 0.4) is 0 Å². The van der Waals surface area contributed by atoms with Crippen LogP contribution in [0.15, 0.2) is 24.3 Å². The van der Waals surface area contributed by atoms with Gasteiger partial charge in [-0.05, 0) is 19.1 Å². The van der Waals surface area contributed by atoms with Gasteiger partial charge < -0.3 is 5.73 Å². The van der Waals surface area contributed by atoms with Gasteiger partial charge in [0.25, 0.3) is 0 Å².